The van der Waals surface area contributed by atoms with E-state index in [-0.39, 0.29) is 5.75 Å². The molecule has 0 aliphatic carbocycles. The van der Waals surface area contributed by atoms with Gasteiger partial charge in [0, 0.05) is 16.0 Å². The quantitative estimate of drug-likeness (QED) is 0.619. The number of hydrogen-bond acceptors (Lipinski definition) is 6. The summed E-state index contributed by atoms with van der Waals surface area (Å²) in [5.74, 6) is -0.490. The molecule has 0 radical (unpaired) electrons. The Bertz CT molecular complexity index is 566. The molecule has 0 saturated carbocycles. The number of rotatable bonds is 4. The van der Waals surface area contributed by atoms with Gasteiger partial charge >= 0.3 is 0 Å². The summed E-state index contributed by atoms with van der Waals surface area (Å²) < 4.78 is 0. The molecule has 17 heavy (non-hydrogen) atoms. The first-order valence-corrected chi connectivity index (χ1v) is 7.00. The van der Waals surface area contributed by atoms with Crippen LogP contribution in [0.25, 0.3) is 10.2 Å². The van der Waals surface area contributed by atoms with Crippen molar-refractivity contribution < 1.29 is 9.90 Å². The van der Waals surface area contributed by atoms with Crippen LogP contribution in [-0.2, 0) is 11.2 Å². The fourth-order valence-corrected chi connectivity index (χ4v) is 3.30. The first-order valence-electron chi connectivity index (χ1n) is 5.20. The van der Waals surface area contributed by atoms with E-state index in [2.05, 4.69) is 16.9 Å². The molecule has 0 spiro atoms. The Hall–Kier alpha value is -1.14. The van der Waals surface area contributed by atoms with Crippen molar-refractivity contribution in [3.63, 3.8) is 0 Å². The van der Waals surface area contributed by atoms with Crippen LogP contribution in [0, 0.1) is 6.92 Å². The van der Waals surface area contributed by atoms with E-state index >= 15 is 0 Å². The van der Waals surface area contributed by atoms with Crippen LogP contribution in [0.15, 0.2) is 11.1 Å². The molecular formula is C11H11N2O2S2-. The molecule has 4 nitrogen and oxygen atoms in total. The fourth-order valence-electron chi connectivity index (χ4n) is 1.46. The Morgan fingerprint density at radius 2 is 2.29 bits per heavy atom. The number of fused-ring (bicyclic) bond motifs is 1. The van der Waals surface area contributed by atoms with Crippen molar-refractivity contribution in [3.8, 4) is 0 Å². The standard InChI is InChI=1S/C11H12N2O2S2/c1-3-7-4-8-10(16-5-9(14)15)12-6(2)13-11(8)17-7/h4H,3,5H2,1-2H3,(H,14,15)/p-1. The molecule has 0 saturated heterocycles. The largest absolute Gasteiger partial charge is 0.549 e. The molecule has 90 valence electrons. The minimum Gasteiger partial charge on any atom is -0.549 e. The number of aliphatic carboxylic acids is 1. The molecule has 0 bridgehead atoms. The van der Waals surface area contributed by atoms with Gasteiger partial charge in [-0.15, -0.1) is 11.3 Å². The molecule has 0 N–H and O–H groups in total. The molecule has 0 atom stereocenters. The summed E-state index contributed by atoms with van der Waals surface area (Å²) in [4.78, 5) is 21.3. The van der Waals surface area contributed by atoms with Gasteiger partial charge in [-0.1, -0.05) is 18.7 Å². The van der Waals surface area contributed by atoms with E-state index in [0.29, 0.717) is 5.82 Å². The second kappa shape index (κ2) is 5.01. The van der Waals surface area contributed by atoms with Gasteiger partial charge < -0.3 is 9.90 Å². The predicted molar refractivity (Wildman–Crippen MR) is 67.3 cm³/mol. The second-order valence-corrected chi connectivity index (χ2v) is 5.60. The van der Waals surface area contributed by atoms with Crippen molar-refractivity contribution >= 4 is 39.3 Å². The van der Waals surface area contributed by atoms with Crippen LogP contribution >= 0.6 is 23.1 Å². The van der Waals surface area contributed by atoms with Gasteiger partial charge in [-0.25, -0.2) is 9.97 Å². The summed E-state index contributed by atoms with van der Waals surface area (Å²) in [6.07, 6.45) is 0.949. The van der Waals surface area contributed by atoms with Crippen molar-refractivity contribution in [2.75, 3.05) is 5.75 Å². The van der Waals surface area contributed by atoms with Crippen LogP contribution < -0.4 is 5.11 Å². The molecule has 2 rings (SSSR count). The number of hydrogen-bond donors (Lipinski definition) is 0. The van der Waals surface area contributed by atoms with Crippen LogP contribution in [0.5, 0.6) is 0 Å². The Labute approximate surface area is 107 Å². The molecule has 2 aromatic heterocycles. The summed E-state index contributed by atoms with van der Waals surface area (Å²) in [7, 11) is 0. The summed E-state index contributed by atoms with van der Waals surface area (Å²) in [5, 5.41) is 12.2. The maximum atomic E-state index is 10.5. The minimum absolute atomic E-state index is 0.0805. The van der Waals surface area contributed by atoms with Gasteiger partial charge in [0.2, 0.25) is 0 Å². The molecule has 2 aromatic rings. The highest BCUT2D eigenvalue weighted by Crippen LogP contribution is 2.31. The van der Waals surface area contributed by atoms with E-state index in [1.807, 2.05) is 13.0 Å². The number of thiophene rings is 1. The molecule has 0 unspecified atom stereocenters. The van der Waals surface area contributed by atoms with E-state index in [4.69, 9.17) is 0 Å². The topological polar surface area (TPSA) is 65.9 Å². The van der Waals surface area contributed by atoms with Crippen molar-refractivity contribution in [1.82, 2.24) is 9.97 Å². The summed E-state index contributed by atoms with van der Waals surface area (Å²) in [6, 6.07) is 2.04. The Kier molecular flexibility index (Phi) is 3.63. The zero-order valence-corrected chi connectivity index (χ0v) is 11.2. The predicted octanol–water partition coefficient (Wildman–Crippen LogP) is 1.40. The van der Waals surface area contributed by atoms with Gasteiger partial charge in [-0.3, -0.25) is 0 Å². The highest BCUT2D eigenvalue weighted by Gasteiger charge is 2.10. The zero-order chi connectivity index (χ0) is 12.4. The van der Waals surface area contributed by atoms with E-state index in [9.17, 15) is 9.90 Å². The number of carboxylic acid groups (broad SMARTS) is 1. The summed E-state index contributed by atoms with van der Waals surface area (Å²) >= 11 is 2.82. The number of aryl methyl sites for hydroxylation is 2. The van der Waals surface area contributed by atoms with E-state index in [0.717, 1.165) is 21.7 Å². The Morgan fingerprint density at radius 3 is 2.94 bits per heavy atom. The SMILES string of the molecule is CCc1cc2c(SCC(=O)[O-])nc(C)nc2s1. The number of carboxylic acids is 1. The van der Waals surface area contributed by atoms with Crippen LogP contribution in [-0.4, -0.2) is 21.7 Å². The smallest absolute Gasteiger partial charge is 0.128 e. The van der Waals surface area contributed by atoms with Crippen LogP contribution in [0.2, 0.25) is 0 Å². The molecule has 0 amide bonds. The van der Waals surface area contributed by atoms with E-state index in [1.165, 1.54) is 16.6 Å². The third kappa shape index (κ3) is 2.76. The van der Waals surface area contributed by atoms with Gasteiger partial charge in [0.05, 0.1) is 5.97 Å². The Morgan fingerprint density at radius 1 is 1.53 bits per heavy atom. The first kappa shape index (κ1) is 12.3. The molecule has 0 aliphatic heterocycles. The van der Waals surface area contributed by atoms with Crippen LogP contribution in [0.1, 0.15) is 17.6 Å². The molecule has 2 heterocycles. The highest BCUT2D eigenvalue weighted by atomic mass is 32.2. The van der Waals surface area contributed by atoms with Gasteiger partial charge in [-0.2, -0.15) is 0 Å². The lowest BCUT2D eigenvalue weighted by Gasteiger charge is -2.03. The van der Waals surface area contributed by atoms with Gasteiger partial charge in [0.15, 0.2) is 0 Å². The van der Waals surface area contributed by atoms with Crippen molar-refractivity contribution in [1.29, 1.82) is 0 Å². The van der Waals surface area contributed by atoms with Gasteiger partial charge in [0.25, 0.3) is 0 Å². The third-order valence-electron chi connectivity index (χ3n) is 2.20. The lowest BCUT2D eigenvalue weighted by Crippen LogP contribution is -2.24. The van der Waals surface area contributed by atoms with E-state index in [1.54, 1.807) is 11.3 Å². The molecule has 0 aromatic carbocycles. The Balaban J connectivity index is 2.44. The second-order valence-electron chi connectivity index (χ2n) is 3.52. The molecule has 0 aliphatic rings. The maximum absolute atomic E-state index is 10.5. The lowest BCUT2D eigenvalue weighted by atomic mass is 10.3. The fraction of sp³-hybridized carbons (Fsp3) is 0.364. The number of nitrogens with zero attached hydrogens (tertiary/aromatic N) is 2. The van der Waals surface area contributed by atoms with Gasteiger partial charge in [-0.05, 0) is 19.4 Å². The molecule has 0 fully saturated rings. The van der Waals surface area contributed by atoms with E-state index < -0.39 is 5.97 Å². The van der Waals surface area contributed by atoms with Crippen molar-refractivity contribution in [2.24, 2.45) is 0 Å². The maximum Gasteiger partial charge on any atom is 0.128 e. The van der Waals surface area contributed by atoms with Crippen LogP contribution in [0.3, 0.4) is 0 Å². The zero-order valence-electron chi connectivity index (χ0n) is 9.52. The summed E-state index contributed by atoms with van der Waals surface area (Å²) in [6.45, 7) is 3.90. The van der Waals surface area contributed by atoms with Crippen molar-refractivity contribution in [3.05, 3.63) is 16.8 Å². The number of carbonyl (C=O) groups is 1. The average molecular weight is 267 g/mol. The number of carbonyl (C=O) groups excluding carboxylic acids is 1. The van der Waals surface area contributed by atoms with Gasteiger partial charge in [0.1, 0.15) is 15.7 Å². The molecular weight excluding hydrogens is 256 g/mol. The van der Waals surface area contributed by atoms with Crippen molar-refractivity contribution in [2.45, 2.75) is 25.3 Å². The molecule has 6 heteroatoms. The summed E-state index contributed by atoms with van der Waals surface area (Å²) in [5.41, 5.74) is 0. The first-order chi connectivity index (χ1) is 8.10. The number of aromatic nitrogens is 2. The number of thioether (sulfide) groups is 1. The third-order valence-corrected chi connectivity index (χ3v) is 4.33. The van der Waals surface area contributed by atoms with Crippen LogP contribution in [0.4, 0.5) is 0 Å². The highest BCUT2D eigenvalue weighted by molar-refractivity contribution is 8.00. The lowest BCUT2D eigenvalue weighted by molar-refractivity contribution is -0.301. The monoisotopic (exact) mass is 267 g/mol. The minimum atomic E-state index is -1.08. The average Bonchev–Trinajstić information content (AvgIpc) is 2.68. The normalized spacial score (nSPS) is 10.9.